The van der Waals surface area contributed by atoms with Gasteiger partial charge in [-0.1, -0.05) is 0 Å². The first kappa shape index (κ1) is 17.2. The van der Waals surface area contributed by atoms with Gasteiger partial charge in [-0.25, -0.2) is 0 Å². The minimum Gasteiger partial charge on any atom is -0.377 e. The molecule has 20 heavy (non-hydrogen) atoms. The first-order chi connectivity index (χ1) is 9.53. The molecule has 2 amide bonds. The van der Waals surface area contributed by atoms with Crippen molar-refractivity contribution in [3.8, 4) is 0 Å². The van der Waals surface area contributed by atoms with Crippen molar-refractivity contribution in [2.75, 3.05) is 34.4 Å². The average Bonchev–Trinajstić information content (AvgIpc) is 2.74. The molecule has 1 atom stereocenters. The monoisotopic (exact) mass is 304 g/mol. The van der Waals surface area contributed by atoms with Gasteiger partial charge in [-0.15, -0.1) is 0 Å². The van der Waals surface area contributed by atoms with Crippen LogP contribution in [0.1, 0.15) is 19.8 Å². The van der Waals surface area contributed by atoms with Gasteiger partial charge in [0.2, 0.25) is 11.8 Å². The zero-order chi connectivity index (χ0) is 15.2. The van der Waals surface area contributed by atoms with E-state index < -0.39 is 14.8 Å². The maximum absolute atomic E-state index is 11.9. The number of likely N-dealkylation sites (tertiary alicyclic amines) is 1. The highest BCUT2D eigenvalue weighted by Gasteiger charge is 2.39. The van der Waals surface area contributed by atoms with E-state index in [9.17, 15) is 9.59 Å². The SMILES string of the molecule is CCN1C(=O)CC(NCCC[Si](OC)(OC)OC)C1=O. The van der Waals surface area contributed by atoms with Crippen LogP contribution in [0.25, 0.3) is 0 Å². The highest BCUT2D eigenvalue weighted by Crippen LogP contribution is 2.16. The second-order valence-electron chi connectivity index (χ2n) is 4.59. The Morgan fingerprint density at radius 2 is 1.85 bits per heavy atom. The highest BCUT2D eigenvalue weighted by molar-refractivity contribution is 6.60. The summed E-state index contributed by atoms with van der Waals surface area (Å²) in [6.45, 7) is 2.85. The molecule has 1 unspecified atom stereocenters. The zero-order valence-corrected chi connectivity index (χ0v) is 13.6. The Morgan fingerprint density at radius 3 is 2.30 bits per heavy atom. The molecule has 1 fully saturated rings. The largest absolute Gasteiger partial charge is 0.500 e. The van der Waals surface area contributed by atoms with Crippen molar-refractivity contribution >= 4 is 20.6 Å². The number of nitrogens with zero attached hydrogens (tertiary/aromatic N) is 1. The molecular weight excluding hydrogens is 280 g/mol. The summed E-state index contributed by atoms with van der Waals surface area (Å²) < 4.78 is 16.0. The summed E-state index contributed by atoms with van der Waals surface area (Å²) in [6.07, 6.45) is 1.000. The fourth-order valence-electron chi connectivity index (χ4n) is 2.31. The van der Waals surface area contributed by atoms with Crippen molar-refractivity contribution < 1.29 is 22.9 Å². The molecule has 0 aromatic heterocycles. The van der Waals surface area contributed by atoms with E-state index in [1.807, 2.05) is 0 Å². The van der Waals surface area contributed by atoms with E-state index in [4.69, 9.17) is 13.3 Å². The molecule has 0 aromatic rings. The normalized spacial score (nSPS) is 20.0. The van der Waals surface area contributed by atoms with E-state index in [-0.39, 0.29) is 18.2 Å². The van der Waals surface area contributed by atoms with Gasteiger partial charge in [-0.05, 0) is 19.9 Å². The molecule has 0 bridgehead atoms. The fraction of sp³-hybridized carbons (Fsp3) is 0.833. The molecule has 1 aliphatic heterocycles. The maximum Gasteiger partial charge on any atom is 0.500 e. The second-order valence-corrected chi connectivity index (χ2v) is 7.68. The van der Waals surface area contributed by atoms with Crippen LogP contribution in [0.2, 0.25) is 6.04 Å². The fourth-order valence-corrected chi connectivity index (χ4v) is 4.03. The first-order valence-electron chi connectivity index (χ1n) is 6.76. The molecule has 116 valence electrons. The Labute approximate surface area is 120 Å². The predicted octanol–water partition coefficient (Wildman–Crippen LogP) is -0.00840. The third-order valence-corrected chi connectivity index (χ3v) is 6.38. The quantitative estimate of drug-likeness (QED) is 0.367. The molecular formula is C12H24N2O5Si. The molecule has 0 aromatic carbocycles. The molecule has 0 aliphatic carbocycles. The van der Waals surface area contributed by atoms with E-state index in [0.29, 0.717) is 19.1 Å². The maximum atomic E-state index is 11.9. The van der Waals surface area contributed by atoms with Crippen molar-refractivity contribution in [3.05, 3.63) is 0 Å². The smallest absolute Gasteiger partial charge is 0.377 e. The topological polar surface area (TPSA) is 77.1 Å². The van der Waals surface area contributed by atoms with Gasteiger partial charge in [0.15, 0.2) is 0 Å². The van der Waals surface area contributed by atoms with Gasteiger partial charge in [-0.2, -0.15) is 0 Å². The molecule has 1 N–H and O–H groups in total. The van der Waals surface area contributed by atoms with Gasteiger partial charge >= 0.3 is 8.80 Å². The molecule has 1 saturated heterocycles. The van der Waals surface area contributed by atoms with Crippen molar-refractivity contribution in [1.82, 2.24) is 10.2 Å². The van der Waals surface area contributed by atoms with E-state index in [1.165, 1.54) is 4.90 Å². The lowest BCUT2D eigenvalue weighted by Crippen LogP contribution is -2.44. The molecule has 1 heterocycles. The predicted molar refractivity (Wildman–Crippen MR) is 75.0 cm³/mol. The molecule has 1 rings (SSSR count). The van der Waals surface area contributed by atoms with Gasteiger partial charge in [0.25, 0.3) is 0 Å². The number of hydrogen-bond acceptors (Lipinski definition) is 6. The lowest BCUT2D eigenvalue weighted by Gasteiger charge is -2.24. The van der Waals surface area contributed by atoms with Crippen LogP contribution >= 0.6 is 0 Å². The number of amides is 2. The average molecular weight is 304 g/mol. The summed E-state index contributed by atoms with van der Waals surface area (Å²) in [6, 6.07) is 0.265. The molecule has 0 saturated carbocycles. The molecule has 8 heteroatoms. The van der Waals surface area contributed by atoms with Crippen molar-refractivity contribution in [1.29, 1.82) is 0 Å². The Balaban J connectivity index is 2.35. The number of nitrogens with one attached hydrogen (secondary N) is 1. The summed E-state index contributed by atoms with van der Waals surface area (Å²) in [7, 11) is 2.18. The van der Waals surface area contributed by atoms with Gasteiger partial charge in [-0.3, -0.25) is 14.5 Å². The van der Waals surface area contributed by atoms with Crippen LogP contribution in [0.3, 0.4) is 0 Å². The number of hydrogen-bond donors (Lipinski definition) is 1. The van der Waals surface area contributed by atoms with Crippen LogP contribution in [0.15, 0.2) is 0 Å². The van der Waals surface area contributed by atoms with Crippen LogP contribution < -0.4 is 5.32 Å². The number of likely N-dealkylation sites (N-methyl/N-ethyl adjacent to an activating group) is 1. The molecule has 0 spiro atoms. The number of carbonyl (C=O) groups excluding carboxylic acids is 2. The number of imide groups is 1. The van der Waals surface area contributed by atoms with E-state index in [0.717, 1.165) is 6.42 Å². The lowest BCUT2D eigenvalue weighted by atomic mass is 10.2. The third kappa shape index (κ3) is 3.86. The highest BCUT2D eigenvalue weighted by atomic mass is 28.4. The lowest BCUT2D eigenvalue weighted by molar-refractivity contribution is -0.138. The summed E-state index contributed by atoms with van der Waals surface area (Å²) >= 11 is 0. The summed E-state index contributed by atoms with van der Waals surface area (Å²) in [5, 5.41) is 3.11. The van der Waals surface area contributed by atoms with Crippen molar-refractivity contribution in [3.63, 3.8) is 0 Å². The minimum atomic E-state index is -2.55. The minimum absolute atomic E-state index is 0.107. The summed E-state index contributed by atoms with van der Waals surface area (Å²) in [5.74, 6) is -0.240. The van der Waals surface area contributed by atoms with Gasteiger partial charge in [0.05, 0.1) is 12.5 Å². The molecule has 0 radical (unpaired) electrons. The summed E-state index contributed by atoms with van der Waals surface area (Å²) in [5.41, 5.74) is 0. The third-order valence-electron chi connectivity index (χ3n) is 3.54. The van der Waals surface area contributed by atoms with Gasteiger partial charge in [0.1, 0.15) is 0 Å². The van der Waals surface area contributed by atoms with Crippen molar-refractivity contribution in [2.45, 2.75) is 31.9 Å². The van der Waals surface area contributed by atoms with Crippen LogP contribution in [0, 0.1) is 0 Å². The Hall–Kier alpha value is -0.803. The number of rotatable bonds is 9. The Bertz CT molecular complexity index is 340. The Morgan fingerprint density at radius 1 is 1.25 bits per heavy atom. The van der Waals surface area contributed by atoms with Crippen LogP contribution in [-0.2, 0) is 22.9 Å². The van der Waals surface area contributed by atoms with Crippen molar-refractivity contribution in [2.24, 2.45) is 0 Å². The number of carbonyl (C=O) groups is 2. The van der Waals surface area contributed by atoms with Crippen LogP contribution in [0.5, 0.6) is 0 Å². The van der Waals surface area contributed by atoms with E-state index in [1.54, 1.807) is 28.3 Å². The molecule has 1 aliphatic rings. The van der Waals surface area contributed by atoms with E-state index >= 15 is 0 Å². The standard InChI is InChI=1S/C12H24N2O5Si/c1-5-14-11(15)9-10(12(14)16)13-7-6-8-20(17-2,18-3)19-4/h10,13H,5-9H2,1-4H3. The summed E-state index contributed by atoms with van der Waals surface area (Å²) in [4.78, 5) is 24.7. The molecule has 7 nitrogen and oxygen atoms in total. The van der Waals surface area contributed by atoms with Crippen LogP contribution in [-0.4, -0.2) is 66.0 Å². The Kier molecular flexibility index (Phi) is 6.76. The second kappa shape index (κ2) is 7.84. The van der Waals surface area contributed by atoms with Crippen LogP contribution in [0.4, 0.5) is 0 Å². The first-order valence-corrected chi connectivity index (χ1v) is 8.69. The van der Waals surface area contributed by atoms with Gasteiger partial charge < -0.3 is 18.6 Å². The van der Waals surface area contributed by atoms with E-state index in [2.05, 4.69) is 5.32 Å². The van der Waals surface area contributed by atoms with Gasteiger partial charge in [0, 0.05) is 33.9 Å². The zero-order valence-electron chi connectivity index (χ0n) is 12.6.